The first kappa shape index (κ1) is 23.0. The van der Waals surface area contributed by atoms with Crippen LogP contribution in [0.5, 0.6) is 5.75 Å². The molecule has 6 heteroatoms. The molecule has 1 saturated heterocycles. The van der Waals surface area contributed by atoms with Crippen molar-refractivity contribution in [2.75, 3.05) is 39.9 Å². The van der Waals surface area contributed by atoms with Crippen molar-refractivity contribution in [3.05, 3.63) is 65.1 Å². The Morgan fingerprint density at radius 1 is 1.11 bits per heavy atom. The number of ether oxygens (including phenoxy) is 1. The van der Waals surface area contributed by atoms with Crippen LogP contribution in [0.3, 0.4) is 0 Å². The maximum absolute atomic E-state index is 14.7. The van der Waals surface area contributed by atoms with Crippen LogP contribution in [0.1, 0.15) is 48.5 Å². The minimum atomic E-state index is -0.178. The van der Waals surface area contributed by atoms with Crippen LogP contribution in [-0.2, 0) is 19.0 Å². The molecule has 3 aliphatic rings. The molecule has 35 heavy (non-hydrogen) atoms. The number of hydrogen-bond acceptors (Lipinski definition) is 4. The molecule has 0 radical (unpaired) electrons. The number of benzene rings is 2. The number of hydrogen-bond donors (Lipinski definition) is 1. The minimum absolute atomic E-state index is 0.00658. The van der Waals surface area contributed by atoms with Gasteiger partial charge in [-0.1, -0.05) is 18.2 Å². The Hall–Kier alpha value is -2.41. The Kier molecular flexibility index (Phi) is 5.86. The molecule has 1 saturated carbocycles. The summed E-state index contributed by atoms with van der Waals surface area (Å²) < 4.78 is 22.5. The highest BCUT2D eigenvalue weighted by Crippen LogP contribution is 2.50. The molecule has 186 valence electrons. The number of aromatic nitrogens is 1. The van der Waals surface area contributed by atoms with E-state index < -0.39 is 0 Å². The van der Waals surface area contributed by atoms with Crippen molar-refractivity contribution >= 4 is 10.9 Å². The van der Waals surface area contributed by atoms with Gasteiger partial charge in [-0.15, -0.1) is 0 Å². The summed E-state index contributed by atoms with van der Waals surface area (Å²) in [4.78, 5) is 4.98. The molecule has 0 bridgehead atoms. The molecular weight excluding hydrogens is 441 g/mol. The van der Waals surface area contributed by atoms with Crippen LogP contribution in [0.15, 0.2) is 42.5 Å². The zero-order valence-electron chi connectivity index (χ0n) is 20.8. The molecule has 2 fully saturated rings. The summed E-state index contributed by atoms with van der Waals surface area (Å²) in [6.07, 6.45) is 4.94. The number of nitrogens with zero attached hydrogens (tertiary/aromatic N) is 3. The van der Waals surface area contributed by atoms with E-state index in [1.54, 1.807) is 13.2 Å². The Balaban J connectivity index is 1.45. The van der Waals surface area contributed by atoms with Crippen LogP contribution < -0.4 is 4.74 Å². The van der Waals surface area contributed by atoms with E-state index in [4.69, 9.17) is 4.74 Å². The molecule has 1 aliphatic carbocycles. The van der Waals surface area contributed by atoms with Crippen molar-refractivity contribution in [1.82, 2.24) is 14.4 Å². The van der Waals surface area contributed by atoms with Gasteiger partial charge in [-0.2, -0.15) is 0 Å². The van der Waals surface area contributed by atoms with Crippen molar-refractivity contribution in [2.24, 2.45) is 13.0 Å². The molecule has 1 atom stereocenters. The SMILES string of the molecule is COc1ccc2c3c(n(C)c2c1)[C@H](CO)N(Cc1ccccc1F)CC31CCN(CC2CC2)CC1. The molecule has 0 amide bonds. The first-order valence-corrected chi connectivity index (χ1v) is 13.0. The predicted molar refractivity (Wildman–Crippen MR) is 136 cm³/mol. The maximum Gasteiger partial charge on any atom is 0.127 e. The van der Waals surface area contributed by atoms with Gasteiger partial charge in [-0.25, -0.2) is 4.39 Å². The van der Waals surface area contributed by atoms with E-state index >= 15 is 0 Å². The van der Waals surface area contributed by atoms with Gasteiger partial charge < -0.3 is 19.3 Å². The summed E-state index contributed by atoms with van der Waals surface area (Å²) in [5, 5.41) is 11.9. The second-order valence-corrected chi connectivity index (χ2v) is 10.9. The summed E-state index contributed by atoms with van der Waals surface area (Å²) >= 11 is 0. The minimum Gasteiger partial charge on any atom is -0.497 e. The molecule has 2 aromatic carbocycles. The third-order valence-electron chi connectivity index (χ3n) is 8.78. The van der Waals surface area contributed by atoms with E-state index in [2.05, 4.69) is 39.6 Å². The average molecular weight is 478 g/mol. The fraction of sp³-hybridized carbons (Fsp3) is 0.517. The van der Waals surface area contributed by atoms with Crippen molar-refractivity contribution in [1.29, 1.82) is 0 Å². The quantitative estimate of drug-likeness (QED) is 0.563. The van der Waals surface area contributed by atoms with Gasteiger partial charge in [0.1, 0.15) is 11.6 Å². The summed E-state index contributed by atoms with van der Waals surface area (Å²) in [6, 6.07) is 13.2. The monoisotopic (exact) mass is 477 g/mol. The number of halogens is 1. The largest absolute Gasteiger partial charge is 0.497 e. The fourth-order valence-corrected chi connectivity index (χ4v) is 6.71. The molecule has 1 aromatic heterocycles. The summed E-state index contributed by atoms with van der Waals surface area (Å²) in [6.45, 7) is 4.76. The number of aryl methyl sites for hydroxylation is 1. The van der Waals surface area contributed by atoms with Crippen molar-refractivity contribution in [2.45, 2.75) is 43.7 Å². The van der Waals surface area contributed by atoms with Crippen LogP contribution in [-0.4, -0.2) is 59.4 Å². The number of piperidine rings is 1. The van der Waals surface area contributed by atoms with Gasteiger partial charge in [0.25, 0.3) is 0 Å². The molecule has 3 heterocycles. The normalized spacial score (nSPS) is 22.6. The molecular formula is C29H36FN3O2. The highest BCUT2D eigenvalue weighted by Gasteiger charge is 2.48. The zero-order chi connectivity index (χ0) is 24.2. The first-order chi connectivity index (χ1) is 17.0. The number of aliphatic hydroxyl groups is 1. The van der Waals surface area contributed by atoms with E-state index in [9.17, 15) is 9.50 Å². The van der Waals surface area contributed by atoms with Crippen LogP contribution in [0.25, 0.3) is 10.9 Å². The van der Waals surface area contributed by atoms with Gasteiger partial charge in [0.05, 0.1) is 25.3 Å². The molecule has 1 N–H and O–H groups in total. The van der Waals surface area contributed by atoms with Gasteiger partial charge in [0, 0.05) is 54.8 Å². The Labute approximate surface area is 207 Å². The molecule has 3 aromatic rings. The van der Waals surface area contributed by atoms with Crippen LogP contribution in [0, 0.1) is 11.7 Å². The molecule has 0 unspecified atom stereocenters. The zero-order valence-corrected chi connectivity index (χ0v) is 20.8. The molecule has 6 rings (SSSR count). The topological polar surface area (TPSA) is 40.9 Å². The molecule has 1 spiro atoms. The maximum atomic E-state index is 14.7. The number of aliphatic hydroxyl groups excluding tert-OH is 1. The Morgan fingerprint density at radius 2 is 1.89 bits per heavy atom. The van der Waals surface area contributed by atoms with Gasteiger partial charge >= 0.3 is 0 Å². The molecule has 2 aliphatic heterocycles. The third kappa shape index (κ3) is 3.96. The smallest absolute Gasteiger partial charge is 0.127 e. The molecule has 5 nitrogen and oxygen atoms in total. The van der Waals surface area contributed by atoms with Crippen LogP contribution >= 0.6 is 0 Å². The second-order valence-electron chi connectivity index (χ2n) is 10.9. The predicted octanol–water partition coefficient (Wildman–Crippen LogP) is 4.62. The third-order valence-corrected chi connectivity index (χ3v) is 8.78. The van der Waals surface area contributed by atoms with E-state index in [-0.39, 0.29) is 23.9 Å². The highest BCUT2D eigenvalue weighted by atomic mass is 19.1. The lowest BCUT2D eigenvalue weighted by Gasteiger charge is -2.50. The van der Waals surface area contributed by atoms with Gasteiger partial charge in [-0.05, 0) is 68.5 Å². The summed E-state index contributed by atoms with van der Waals surface area (Å²) in [5.74, 6) is 1.56. The van der Waals surface area contributed by atoms with E-state index in [0.29, 0.717) is 12.1 Å². The van der Waals surface area contributed by atoms with Crippen LogP contribution in [0.4, 0.5) is 4.39 Å². The van der Waals surface area contributed by atoms with Gasteiger partial charge in [0.2, 0.25) is 0 Å². The van der Waals surface area contributed by atoms with E-state index in [1.165, 1.54) is 42.1 Å². The summed E-state index contributed by atoms with van der Waals surface area (Å²) in [5.41, 5.74) is 4.39. The van der Waals surface area contributed by atoms with E-state index in [0.717, 1.165) is 49.7 Å². The number of methoxy groups -OCH3 is 1. The fourth-order valence-electron chi connectivity index (χ4n) is 6.71. The Bertz CT molecular complexity index is 1230. The average Bonchev–Trinajstić information content (AvgIpc) is 3.65. The lowest BCUT2D eigenvalue weighted by atomic mass is 9.68. The number of fused-ring (bicyclic) bond motifs is 4. The van der Waals surface area contributed by atoms with Crippen molar-refractivity contribution in [3.63, 3.8) is 0 Å². The van der Waals surface area contributed by atoms with Crippen LogP contribution in [0.2, 0.25) is 0 Å². The van der Waals surface area contributed by atoms with Crippen molar-refractivity contribution < 1.29 is 14.2 Å². The van der Waals surface area contributed by atoms with Gasteiger partial charge in [-0.3, -0.25) is 4.90 Å². The number of rotatable bonds is 6. The van der Waals surface area contributed by atoms with Crippen molar-refractivity contribution in [3.8, 4) is 5.75 Å². The standard InChI is InChI=1S/C29H36FN3O2/c1-31-25-15-22(35-2)9-10-23(25)27-28(31)26(18-34)33(17-21-5-3-4-6-24(21)30)19-29(27)11-13-32(14-12-29)16-20-7-8-20/h3-6,9-10,15,20,26,34H,7-8,11-14,16-19H2,1-2H3/t26-/m0/s1. The Morgan fingerprint density at radius 3 is 2.57 bits per heavy atom. The van der Waals surface area contributed by atoms with Gasteiger partial charge in [0.15, 0.2) is 0 Å². The lowest BCUT2D eigenvalue weighted by molar-refractivity contribution is 0.0402. The summed E-state index contributed by atoms with van der Waals surface area (Å²) in [7, 11) is 3.81. The second kappa shape index (κ2) is 8.91. The highest BCUT2D eigenvalue weighted by molar-refractivity contribution is 5.88. The lowest BCUT2D eigenvalue weighted by Crippen LogP contribution is -2.54. The number of likely N-dealkylation sites (tertiary alicyclic amines) is 1. The van der Waals surface area contributed by atoms with E-state index in [1.807, 2.05) is 12.1 Å². The first-order valence-electron chi connectivity index (χ1n) is 13.0.